The van der Waals surface area contributed by atoms with E-state index in [-0.39, 0.29) is 11.6 Å². The van der Waals surface area contributed by atoms with Crippen LogP contribution in [0.15, 0.2) is 12.1 Å². The van der Waals surface area contributed by atoms with Crippen LogP contribution in [0.3, 0.4) is 0 Å². The molecule has 1 aromatic rings. The summed E-state index contributed by atoms with van der Waals surface area (Å²) in [6.07, 6.45) is 1.13. The van der Waals surface area contributed by atoms with Crippen LogP contribution >= 0.6 is 0 Å². The Morgan fingerprint density at radius 3 is 2.47 bits per heavy atom. The standard InChI is InChI=1S/C16H21NO2/c1-6-16(11(3)18)9-12-8-14(17(4)5)10(2)7-13(12)15(16)19/h7-8H,6,9H2,1-5H3. The number of Topliss-reactive ketones (excluding diaryl/α,β-unsaturated/α-hetero) is 2. The van der Waals surface area contributed by atoms with Crippen molar-refractivity contribution in [2.75, 3.05) is 19.0 Å². The summed E-state index contributed by atoms with van der Waals surface area (Å²) in [4.78, 5) is 26.6. The number of benzene rings is 1. The van der Waals surface area contributed by atoms with E-state index in [1.165, 1.54) is 6.92 Å². The summed E-state index contributed by atoms with van der Waals surface area (Å²) < 4.78 is 0. The van der Waals surface area contributed by atoms with Gasteiger partial charge >= 0.3 is 0 Å². The molecule has 1 unspecified atom stereocenters. The Morgan fingerprint density at radius 1 is 1.37 bits per heavy atom. The van der Waals surface area contributed by atoms with Crippen molar-refractivity contribution in [3.63, 3.8) is 0 Å². The van der Waals surface area contributed by atoms with Gasteiger partial charge in [0.2, 0.25) is 0 Å². The zero-order valence-electron chi connectivity index (χ0n) is 12.3. The van der Waals surface area contributed by atoms with Crippen LogP contribution in [0.5, 0.6) is 0 Å². The van der Waals surface area contributed by atoms with E-state index in [9.17, 15) is 9.59 Å². The molecule has 0 radical (unpaired) electrons. The minimum absolute atomic E-state index is 0.00547. The fraction of sp³-hybridized carbons (Fsp3) is 0.500. The van der Waals surface area contributed by atoms with Gasteiger partial charge in [-0.25, -0.2) is 0 Å². The van der Waals surface area contributed by atoms with Crippen LogP contribution in [0.2, 0.25) is 0 Å². The Balaban J connectivity index is 2.58. The zero-order chi connectivity index (χ0) is 14.4. The molecule has 0 fully saturated rings. The van der Waals surface area contributed by atoms with Gasteiger partial charge in [-0.05, 0) is 49.9 Å². The van der Waals surface area contributed by atoms with Crippen molar-refractivity contribution in [2.45, 2.75) is 33.6 Å². The van der Waals surface area contributed by atoms with E-state index >= 15 is 0 Å². The second-order valence-electron chi connectivity index (χ2n) is 5.69. The van der Waals surface area contributed by atoms with Crippen molar-refractivity contribution in [3.05, 3.63) is 28.8 Å². The van der Waals surface area contributed by atoms with Crippen LogP contribution in [0.1, 0.15) is 41.8 Å². The van der Waals surface area contributed by atoms with Crippen molar-refractivity contribution < 1.29 is 9.59 Å². The third-order valence-corrected chi connectivity index (χ3v) is 4.35. The Morgan fingerprint density at radius 2 is 2.00 bits per heavy atom. The van der Waals surface area contributed by atoms with Crippen LogP contribution in [0, 0.1) is 12.3 Å². The number of anilines is 1. The fourth-order valence-electron chi connectivity index (χ4n) is 3.06. The number of nitrogens with zero attached hydrogens (tertiary/aromatic N) is 1. The van der Waals surface area contributed by atoms with E-state index in [0.717, 1.165) is 22.4 Å². The minimum Gasteiger partial charge on any atom is -0.377 e. The van der Waals surface area contributed by atoms with Gasteiger partial charge in [0.1, 0.15) is 5.78 Å². The lowest BCUT2D eigenvalue weighted by Crippen LogP contribution is -2.34. The average Bonchev–Trinajstić information content (AvgIpc) is 2.62. The van der Waals surface area contributed by atoms with E-state index in [1.54, 1.807) is 0 Å². The molecule has 102 valence electrons. The first-order chi connectivity index (χ1) is 8.83. The molecule has 2 rings (SSSR count). The fourth-order valence-corrected chi connectivity index (χ4v) is 3.06. The highest BCUT2D eigenvalue weighted by Gasteiger charge is 2.47. The highest BCUT2D eigenvalue weighted by atomic mass is 16.2. The molecule has 0 saturated heterocycles. The molecule has 1 aliphatic rings. The predicted molar refractivity (Wildman–Crippen MR) is 76.9 cm³/mol. The molecule has 0 bridgehead atoms. The molecule has 19 heavy (non-hydrogen) atoms. The molecule has 0 heterocycles. The molecule has 0 aliphatic heterocycles. The van der Waals surface area contributed by atoms with Gasteiger partial charge in [0.15, 0.2) is 5.78 Å². The SMILES string of the molecule is CCC1(C(C)=O)Cc2cc(N(C)C)c(C)cc2C1=O. The van der Waals surface area contributed by atoms with Gasteiger partial charge in [-0.2, -0.15) is 0 Å². The van der Waals surface area contributed by atoms with Gasteiger partial charge in [0, 0.05) is 25.3 Å². The number of carbonyl (C=O) groups is 2. The molecule has 0 amide bonds. The Bertz CT molecular complexity index is 560. The molecular weight excluding hydrogens is 238 g/mol. The molecule has 0 saturated carbocycles. The van der Waals surface area contributed by atoms with Crippen LogP contribution < -0.4 is 4.90 Å². The third kappa shape index (κ3) is 1.88. The topological polar surface area (TPSA) is 37.4 Å². The molecule has 3 heteroatoms. The van der Waals surface area contributed by atoms with Crippen molar-refractivity contribution in [3.8, 4) is 0 Å². The summed E-state index contributed by atoms with van der Waals surface area (Å²) in [5.74, 6) is -0.00818. The molecule has 0 spiro atoms. The molecule has 1 atom stereocenters. The summed E-state index contributed by atoms with van der Waals surface area (Å²) in [5.41, 5.74) is 3.12. The van der Waals surface area contributed by atoms with E-state index in [4.69, 9.17) is 0 Å². The maximum absolute atomic E-state index is 12.6. The number of hydrogen-bond donors (Lipinski definition) is 0. The van der Waals surface area contributed by atoms with Gasteiger partial charge in [0.05, 0.1) is 5.41 Å². The number of fused-ring (bicyclic) bond motifs is 1. The second-order valence-corrected chi connectivity index (χ2v) is 5.69. The lowest BCUT2D eigenvalue weighted by molar-refractivity contribution is -0.124. The summed E-state index contributed by atoms with van der Waals surface area (Å²) >= 11 is 0. The summed E-state index contributed by atoms with van der Waals surface area (Å²) in [6, 6.07) is 4.00. The van der Waals surface area contributed by atoms with Crippen LogP contribution in [-0.4, -0.2) is 25.7 Å². The van der Waals surface area contributed by atoms with E-state index < -0.39 is 5.41 Å². The Hall–Kier alpha value is -1.64. The summed E-state index contributed by atoms with van der Waals surface area (Å²) in [7, 11) is 3.98. The van der Waals surface area contributed by atoms with Gasteiger partial charge in [-0.3, -0.25) is 9.59 Å². The van der Waals surface area contributed by atoms with E-state index in [1.807, 2.05) is 38.9 Å². The lowest BCUT2D eigenvalue weighted by Gasteiger charge is -2.21. The summed E-state index contributed by atoms with van der Waals surface area (Å²) in [6.45, 7) is 5.46. The maximum atomic E-state index is 12.6. The minimum atomic E-state index is -0.820. The molecule has 1 aromatic carbocycles. The molecular formula is C16H21NO2. The quantitative estimate of drug-likeness (QED) is 0.783. The number of aryl methyl sites for hydroxylation is 1. The smallest absolute Gasteiger partial charge is 0.176 e. The van der Waals surface area contributed by atoms with Gasteiger partial charge < -0.3 is 4.90 Å². The van der Waals surface area contributed by atoms with Crippen molar-refractivity contribution in [1.29, 1.82) is 0 Å². The lowest BCUT2D eigenvalue weighted by atomic mass is 9.77. The largest absolute Gasteiger partial charge is 0.377 e. The van der Waals surface area contributed by atoms with Gasteiger partial charge in [-0.1, -0.05) is 6.92 Å². The van der Waals surface area contributed by atoms with Crippen molar-refractivity contribution >= 4 is 17.3 Å². The first kappa shape index (κ1) is 13.8. The number of hydrogen-bond acceptors (Lipinski definition) is 3. The number of rotatable bonds is 3. The van der Waals surface area contributed by atoms with Crippen LogP contribution in [0.25, 0.3) is 0 Å². The monoisotopic (exact) mass is 259 g/mol. The first-order valence-electron chi connectivity index (χ1n) is 6.70. The van der Waals surface area contributed by atoms with Gasteiger partial charge in [0.25, 0.3) is 0 Å². The Labute approximate surface area is 114 Å². The normalized spacial score (nSPS) is 21.4. The van der Waals surface area contributed by atoms with Gasteiger partial charge in [-0.15, -0.1) is 0 Å². The molecule has 1 aliphatic carbocycles. The molecule has 0 aromatic heterocycles. The number of ketones is 2. The predicted octanol–water partition coefficient (Wildman–Crippen LogP) is 2.79. The van der Waals surface area contributed by atoms with E-state index in [0.29, 0.717) is 12.8 Å². The van der Waals surface area contributed by atoms with Crippen LogP contribution in [0.4, 0.5) is 5.69 Å². The molecule has 3 nitrogen and oxygen atoms in total. The van der Waals surface area contributed by atoms with Crippen LogP contribution in [-0.2, 0) is 11.2 Å². The third-order valence-electron chi connectivity index (χ3n) is 4.35. The average molecular weight is 259 g/mol. The van der Waals surface area contributed by atoms with Crippen molar-refractivity contribution in [1.82, 2.24) is 0 Å². The van der Waals surface area contributed by atoms with Crippen molar-refractivity contribution in [2.24, 2.45) is 5.41 Å². The highest BCUT2D eigenvalue weighted by molar-refractivity contribution is 6.17. The number of carbonyl (C=O) groups excluding carboxylic acids is 2. The molecule has 0 N–H and O–H groups in total. The zero-order valence-corrected chi connectivity index (χ0v) is 12.3. The highest BCUT2D eigenvalue weighted by Crippen LogP contribution is 2.42. The van der Waals surface area contributed by atoms with E-state index in [2.05, 4.69) is 6.07 Å². The summed E-state index contributed by atoms with van der Waals surface area (Å²) in [5, 5.41) is 0. The second kappa shape index (κ2) is 4.48. The Kier molecular flexibility index (Phi) is 3.25. The first-order valence-corrected chi connectivity index (χ1v) is 6.70. The maximum Gasteiger partial charge on any atom is 0.176 e.